The van der Waals surface area contributed by atoms with Crippen LogP contribution in [0.3, 0.4) is 0 Å². The Kier molecular flexibility index (Phi) is 3.00. The monoisotopic (exact) mass is 222 g/mol. The second kappa shape index (κ2) is 4.27. The van der Waals surface area contributed by atoms with E-state index in [4.69, 9.17) is 5.11 Å². The van der Waals surface area contributed by atoms with Crippen molar-refractivity contribution in [2.45, 2.75) is 24.2 Å². The van der Waals surface area contributed by atoms with Gasteiger partial charge in [-0.1, -0.05) is 25.1 Å². The molecule has 0 aromatic heterocycles. The van der Waals surface area contributed by atoms with E-state index >= 15 is 0 Å². The van der Waals surface area contributed by atoms with Crippen molar-refractivity contribution in [3.63, 3.8) is 0 Å². The molecule has 2 rings (SSSR count). The Hall–Kier alpha value is -0.960. The zero-order chi connectivity index (χ0) is 10.8. The number of thioether (sulfide) groups is 1. The minimum atomic E-state index is -0.693. The van der Waals surface area contributed by atoms with Gasteiger partial charge in [-0.15, -0.1) is 11.8 Å². The fourth-order valence-electron chi connectivity index (χ4n) is 2.06. The highest BCUT2D eigenvalue weighted by molar-refractivity contribution is 7.99. The largest absolute Gasteiger partial charge is 0.481 e. The summed E-state index contributed by atoms with van der Waals surface area (Å²) in [6.45, 7) is 1.81. The normalized spacial score (nSPS) is 21.8. The average Bonchev–Trinajstić information content (AvgIpc) is 2.27. The van der Waals surface area contributed by atoms with Crippen LogP contribution in [0.4, 0.5) is 0 Å². The summed E-state index contributed by atoms with van der Waals surface area (Å²) in [7, 11) is 0. The van der Waals surface area contributed by atoms with Crippen molar-refractivity contribution in [3.8, 4) is 0 Å². The maximum atomic E-state index is 11.0. The second-order valence-corrected chi connectivity index (χ2v) is 5.05. The van der Waals surface area contributed by atoms with Gasteiger partial charge in [-0.25, -0.2) is 0 Å². The minimum absolute atomic E-state index is 0.181. The van der Waals surface area contributed by atoms with Gasteiger partial charge >= 0.3 is 5.97 Å². The fraction of sp³-hybridized carbons (Fsp3) is 0.417. The van der Waals surface area contributed by atoms with E-state index in [2.05, 4.69) is 12.1 Å². The van der Waals surface area contributed by atoms with Crippen molar-refractivity contribution in [1.29, 1.82) is 0 Å². The number of hydrogen-bond donors (Lipinski definition) is 1. The zero-order valence-corrected chi connectivity index (χ0v) is 9.46. The van der Waals surface area contributed by atoms with E-state index < -0.39 is 5.97 Å². The molecule has 1 aromatic carbocycles. The molecule has 1 aromatic rings. The molecule has 2 unspecified atom stereocenters. The van der Waals surface area contributed by atoms with Crippen LogP contribution in [0.1, 0.15) is 24.8 Å². The van der Waals surface area contributed by atoms with Crippen LogP contribution in [0.25, 0.3) is 0 Å². The molecule has 0 saturated carbocycles. The lowest BCUT2D eigenvalue weighted by Crippen LogP contribution is -2.22. The van der Waals surface area contributed by atoms with Gasteiger partial charge in [0, 0.05) is 4.90 Å². The van der Waals surface area contributed by atoms with Crippen molar-refractivity contribution in [3.05, 3.63) is 29.8 Å². The number of hydrogen-bond acceptors (Lipinski definition) is 2. The molecule has 3 heteroatoms. The van der Waals surface area contributed by atoms with Crippen molar-refractivity contribution >= 4 is 17.7 Å². The molecular formula is C12H14O2S. The smallest absolute Gasteiger partial charge is 0.306 e. The topological polar surface area (TPSA) is 37.3 Å². The van der Waals surface area contributed by atoms with E-state index in [1.807, 2.05) is 23.9 Å². The Morgan fingerprint density at radius 2 is 2.27 bits per heavy atom. The number of fused-ring (bicyclic) bond motifs is 1. The summed E-state index contributed by atoms with van der Waals surface area (Å²) < 4.78 is 0. The first kappa shape index (κ1) is 10.6. The van der Waals surface area contributed by atoms with Crippen molar-refractivity contribution in [2.24, 2.45) is 5.92 Å². The van der Waals surface area contributed by atoms with Gasteiger partial charge in [0.15, 0.2) is 0 Å². The maximum Gasteiger partial charge on any atom is 0.306 e. The number of aliphatic carboxylic acids is 1. The Labute approximate surface area is 93.7 Å². The standard InChI is InChI=1S/C12H14O2S/c1-8(12(13)14)9-6-7-15-11-5-3-2-4-10(9)11/h2-5,8-9H,6-7H2,1H3,(H,13,14). The molecule has 0 bridgehead atoms. The Morgan fingerprint density at radius 3 is 3.00 bits per heavy atom. The highest BCUT2D eigenvalue weighted by Crippen LogP contribution is 2.41. The van der Waals surface area contributed by atoms with E-state index in [0.717, 1.165) is 12.2 Å². The second-order valence-electron chi connectivity index (χ2n) is 3.91. The van der Waals surface area contributed by atoms with Crippen LogP contribution in [0.2, 0.25) is 0 Å². The molecule has 0 amide bonds. The van der Waals surface area contributed by atoms with Crippen LogP contribution in [-0.2, 0) is 4.79 Å². The molecule has 1 aliphatic rings. The molecule has 1 N–H and O–H groups in total. The first-order valence-electron chi connectivity index (χ1n) is 5.14. The van der Waals surface area contributed by atoms with Gasteiger partial charge in [0.1, 0.15) is 0 Å². The highest BCUT2D eigenvalue weighted by atomic mass is 32.2. The summed E-state index contributed by atoms with van der Waals surface area (Å²) in [5.41, 5.74) is 1.21. The molecule has 2 nitrogen and oxygen atoms in total. The van der Waals surface area contributed by atoms with Gasteiger partial charge in [-0.05, 0) is 29.7 Å². The van der Waals surface area contributed by atoms with Gasteiger partial charge in [0.2, 0.25) is 0 Å². The summed E-state index contributed by atoms with van der Waals surface area (Å²) in [5, 5.41) is 9.05. The Bertz CT molecular complexity index is 376. The number of benzene rings is 1. The van der Waals surface area contributed by atoms with Gasteiger partial charge in [0.05, 0.1) is 5.92 Å². The van der Waals surface area contributed by atoms with Crippen molar-refractivity contribution in [2.75, 3.05) is 5.75 Å². The lowest BCUT2D eigenvalue weighted by molar-refractivity contribution is -0.141. The van der Waals surface area contributed by atoms with Crippen molar-refractivity contribution < 1.29 is 9.90 Å². The number of rotatable bonds is 2. The first-order chi connectivity index (χ1) is 7.20. The number of carboxylic acid groups (broad SMARTS) is 1. The molecule has 0 spiro atoms. The predicted octanol–water partition coefficient (Wildman–Crippen LogP) is 2.99. The Morgan fingerprint density at radius 1 is 1.53 bits per heavy atom. The zero-order valence-electron chi connectivity index (χ0n) is 8.64. The summed E-state index contributed by atoms with van der Waals surface area (Å²) in [5.74, 6) is 0.230. The first-order valence-corrected chi connectivity index (χ1v) is 6.13. The number of carboxylic acids is 1. The lowest BCUT2D eigenvalue weighted by Gasteiger charge is -2.27. The third-order valence-electron chi connectivity index (χ3n) is 3.00. The molecule has 1 heterocycles. The maximum absolute atomic E-state index is 11.0. The Balaban J connectivity index is 2.33. The third kappa shape index (κ3) is 2.02. The summed E-state index contributed by atoms with van der Waals surface area (Å²) in [4.78, 5) is 12.3. The third-order valence-corrected chi connectivity index (χ3v) is 4.12. The molecule has 1 aliphatic heterocycles. The fourth-order valence-corrected chi connectivity index (χ4v) is 3.21. The SMILES string of the molecule is CC(C(=O)O)C1CCSc2ccccc21. The van der Waals surface area contributed by atoms with Crippen LogP contribution >= 0.6 is 11.8 Å². The molecule has 0 aliphatic carbocycles. The van der Waals surface area contributed by atoms with E-state index in [9.17, 15) is 4.79 Å². The quantitative estimate of drug-likeness (QED) is 0.835. The molecule has 0 radical (unpaired) electrons. The summed E-state index contributed by atoms with van der Waals surface area (Å²) in [6.07, 6.45) is 0.967. The highest BCUT2D eigenvalue weighted by Gasteiger charge is 2.29. The average molecular weight is 222 g/mol. The van der Waals surface area contributed by atoms with Crippen LogP contribution in [0.5, 0.6) is 0 Å². The molecule has 0 saturated heterocycles. The van der Waals surface area contributed by atoms with E-state index in [-0.39, 0.29) is 11.8 Å². The lowest BCUT2D eigenvalue weighted by atomic mass is 9.85. The van der Waals surface area contributed by atoms with Crippen LogP contribution in [0, 0.1) is 5.92 Å². The van der Waals surface area contributed by atoms with Crippen LogP contribution in [-0.4, -0.2) is 16.8 Å². The summed E-state index contributed by atoms with van der Waals surface area (Å²) >= 11 is 1.83. The van der Waals surface area contributed by atoms with Gasteiger partial charge in [0.25, 0.3) is 0 Å². The van der Waals surface area contributed by atoms with Gasteiger partial charge in [-0.3, -0.25) is 4.79 Å². The molecule has 0 fully saturated rings. The van der Waals surface area contributed by atoms with Crippen LogP contribution in [0.15, 0.2) is 29.2 Å². The van der Waals surface area contributed by atoms with Gasteiger partial charge in [-0.2, -0.15) is 0 Å². The van der Waals surface area contributed by atoms with Crippen LogP contribution < -0.4 is 0 Å². The summed E-state index contributed by atoms with van der Waals surface area (Å²) in [6, 6.07) is 8.15. The molecular weight excluding hydrogens is 208 g/mol. The van der Waals surface area contributed by atoms with E-state index in [0.29, 0.717) is 0 Å². The number of carbonyl (C=O) groups is 1. The minimum Gasteiger partial charge on any atom is -0.481 e. The van der Waals surface area contributed by atoms with E-state index in [1.54, 1.807) is 6.92 Å². The molecule has 2 atom stereocenters. The van der Waals surface area contributed by atoms with Crippen molar-refractivity contribution in [1.82, 2.24) is 0 Å². The predicted molar refractivity (Wildman–Crippen MR) is 61.3 cm³/mol. The van der Waals surface area contributed by atoms with E-state index in [1.165, 1.54) is 10.5 Å². The van der Waals surface area contributed by atoms with Gasteiger partial charge < -0.3 is 5.11 Å². The molecule has 15 heavy (non-hydrogen) atoms. The molecule has 80 valence electrons.